The van der Waals surface area contributed by atoms with Gasteiger partial charge in [-0.2, -0.15) is 0 Å². The highest BCUT2D eigenvalue weighted by atomic mass is 16.6. The van der Waals surface area contributed by atoms with Crippen molar-refractivity contribution >= 4 is 12.1 Å². The molecular weight excluding hydrogens is 274 g/mol. The van der Waals surface area contributed by atoms with E-state index in [4.69, 9.17) is 9.47 Å². The van der Waals surface area contributed by atoms with Crippen LogP contribution in [-0.4, -0.2) is 52.0 Å². The molecule has 0 aliphatic carbocycles. The fourth-order valence-corrected chi connectivity index (χ4v) is 1.96. The largest absolute Gasteiger partial charge is 0.458 e. The molecule has 1 aliphatic rings. The highest BCUT2D eigenvalue weighted by molar-refractivity contribution is 5.80. The van der Waals surface area contributed by atoms with Crippen LogP contribution in [0.2, 0.25) is 0 Å². The van der Waals surface area contributed by atoms with E-state index in [1.54, 1.807) is 41.5 Å². The Labute approximate surface area is 126 Å². The summed E-state index contributed by atoms with van der Waals surface area (Å²) in [5, 5.41) is 10.4. The topological polar surface area (TPSA) is 76.1 Å². The van der Waals surface area contributed by atoms with Crippen LogP contribution in [0.15, 0.2) is 0 Å². The predicted octanol–water partition coefficient (Wildman–Crippen LogP) is 2.09. The molecule has 0 aromatic rings. The Balaban J connectivity index is 2.58. The molecule has 21 heavy (non-hydrogen) atoms. The van der Waals surface area contributed by atoms with Gasteiger partial charge in [-0.1, -0.05) is 0 Å². The summed E-state index contributed by atoms with van der Waals surface area (Å²) in [6.07, 6.45) is -0.115. The van der Waals surface area contributed by atoms with Crippen molar-refractivity contribution in [1.82, 2.24) is 4.90 Å². The van der Waals surface area contributed by atoms with Crippen LogP contribution in [0.5, 0.6) is 0 Å². The van der Waals surface area contributed by atoms with Crippen molar-refractivity contribution in [1.29, 1.82) is 0 Å². The van der Waals surface area contributed by atoms with Crippen LogP contribution >= 0.6 is 0 Å². The van der Waals surface area contributed by atoms with Crippen molar-refractivity contribution in [3.63, 3.8) is 0 Å². The van der Waals surface area contributed by atoms with Crippen molar-refractivity contribution in [2.45, 2.75) is 71.2 Å². The van der Waals surface area contributed by atoms with Gasteiger partial charge in [0, 0.05) is 25.9 Å². The lowest BCUT2D eigenvalue weighted by molar-refractivity contribution is -0.181. The molecule has 0 bridgehead atoms. The molecule has 1 rings (SSSR count). The van der Waals surface area contributed by atoms with Gasteiger partial charge in [0.05, 0.1) is 0 Å². The summed E-state index contributed by atoms with van der Waals surface area (Å²) >= 11 is 0. The van der Waals surface area contributed by atoms with E-state index in [-0.39, 0.29) is 25.9 Å². The Morgan fingerprint density at radius 3 is 1.76 bits per heavy atom. The highest BCUT2D eigenvalue weighted by Gasteiger charge is 2.43. The van der Waals surface area contributed by atoms with E-state index in [9.17, 15) is 14.7 Å². The quantitative estimate of drug-likeness (QED) is 0.751. The molecule has 0 saturated carbocycles. The van der Waals surface area contributed by atoms with Crippen LogP contribution in [0.25, 0.3) is 0 Å². The second-order valence-electron chi connectivity index (χ2n) is 7.50. The van der Waals surface area contributed by atoms with Crippen molar-refractivity contribution in [3.8, 4) is 0 Å². The van der Waals surface area contributed by atoms with E-state index in [2.05, 4.69) is 0 Å². The summed E-state index contributed by atoms with van der Waals surface area (Å²) in [7, 11) is 0. The molecule has 1 N–H and O–H groups in total. The number of carbonyl (C=O) groups excluding carboxylic acids is 2. The van der Waals surface area contributed by atoms with E-state index in [0.717, 1.165) is 0 Å². The number of rotatable bonds is 1. The van der Waals surface area contributed by atoms with Crippen molar-refractivity contribution in [2.24, 2.45) is 0 Å². The van der Waals surface area contributed by atoms with Crippen LogP contribution in [-0.2, 0) is 14.3 Å². The fraction of sp³-hybridized carbons (Fsp3) is 0.867. The minimum absolute atomic E-state index is 0.154. The molecule has 122 valence electrons. The zero-order valence-corrected chi connectivity index (χ0v) is 13.9. The lowest BCUT2D eigenvalue weighted by atomic mass is 9.91. The van der Waals surface area contributed by atoms with Crippen LogP contribution in [0.3, 0.4) is 0 Å². The van der Waals surface area contributed by atoms with E-state index in [1.807, 2.05) is 0 Å². The average molecular weight is 301 g/mol. The Morgan fingerprint density at radius 1 is 0.952 bits per heavy atom. The first-order valence-electron chi connectivity index (χ1n) is 7.26. The summed E-state index contributed by atoms with van der Waals surface area (Å²) in [6.45, 7) is 11.2. The molecule has 1 fully saturated rings. The molecule has 1 aliphatic heterocycles. The number of ether oxygens (including phenoxy) is 2. The predicted molar refractivity (Wildman–Crippen MR) is 77.8 cm³/mol. The second kappa shape index (κ2) is 5.83. The maximum atomic E-state index is 12.0. The van der Waals surface area contributed by atoms with E-state index in [1.165, 1.54) is 4.90 Å². The molecule has 1 amide bonds. The second-order valence-corrected chi connectivity index (χ2v) is 7.50. The number of hydrogen-bond donors (Lipinski definition) is 1. The minimum atomic E-state index is -1.52. The number of esters is 1. The summed E-state index contributed by atoms with van der Waals surface area (Å²) in [5.74, 6) is -0.626. The Morgan fingerprint density at radius 2 is 1.38 bits per heavy atom. The number of nitrogens with zero attached hydrogens (tertiary/aromatic N) is 1. The lowest BCUT2D eigenvalue weighted by Gasteiger charge is -2.38. The third kappa shape index (κ3) is 5.53. The summed E-state index contributed by atoms with van der Waals surface area (Å²) in [4.78, 5) is 25.5. The van der Waals surface area contributed by atoms with Gasteiger partial charge in [0.25, 0.3) is 0 Å². The smallest absolute Gasteiger partial charge is 0.410 e. The normalized spacial score (nSPS) is 19.1. The SMILES string of the molecule is CC(C)(C)OC(=O)N1CCC(O)(C(=O)OC(C)(C)C)CC1. The fourth-order valence-electron chi connectivity index (χ4n) is 1.96. The van der Waals surface area contributed by atoms with Crippen molar-refractivity contribution in [3.05, 3.63) is 0 Å². The van der Waals surface area contributed by atoms with Gasteiger partial charge in [0.15, 0.2) is 5.60 Å². The zero-order valence-electron chi connectivity index (χ0n) is 13.9. The first-order chi connectivity index (χ1) is 9.32. The molecule has 1 saturated heterocycles. The first kappa shape index (κ1) is 17.8. The molecule has 0 aromatic carbocycles. The van der Waals surface area contributed by atoms with E-state index in [0.29, 0.717) is 0 Å². The molecule has 1 heterocycles. The maximum Gasteiger partial charge on any atom is 0.410 e. The van der Waals surface area contributed by atoms with Crippen LogP contribution < -0.4 is 0 Å². The van der Waals surface area contributed by atoms with E-state index < -0.39 is 28.9 Å². The van der Waals surface area contributed by atoms with Crippen molar-refractivity contribution in [2.75, 3.05) is 13.1 Å². The monoisotopic (exact) mass is 301 g/mol. The number of likely N-dealkylation sites (tertiary alicyclic amines) is 1. The van der Waals surface area contributed by atoms with Crippen LogP contribution in [0.4, 0.5) is 4.79 Å². The summed E-state index contributed by atoms with van der Waals surface area (Å²) in [6, 6.07) is 0. The molecule has 6 nitrogen and oxygen atoms in total. The van der Waals surface area contributed by atoms with Gasteiger partial charge in [-0.15, -0.1) is 0 Å². The Kier molecular flexibility index (Phi) is 4.93. The number of carbonyl (C=O) groups is 2. The van der Waals surface area contributed by atoms with Gasteiger partial charge in [-0.25, -0.2) is 9.59 Å². The standard InChI is InChI=1S/C15H27NO5/c1-13(2,3)20-11(17)15(19)7-9-16(10-8-15)12(18)21-14(4,5)6/h19H,7-10H2,1-6H3. The zero-order chi connectivity index (χ0) is 16.5. The molecule has 0 radical (unpaired) electrons. The molecule has 0 spiro atoms. The van der Waals surface area contributed by atoms with Gasteiger partial charge in [-0.3, -0.25) is 0 Å². The van der Waals surface area contributed by atoms with Gasteiger partial charge in [-0.05, 0) is 41.5 Å². The summed E-state index contributed by atoms with van der Waals surface area (Å²) < 4.78 is 10.5. The minimum Gasteiger partial charge on any atom is -0.458 e. The molecule has 0 unspecified atom stereocenters. The third-order valence-electron chi connectivity index (χ3n) is 3.02. The van der Waals surface area contributed by atoms with Crippen LogP contribution in [0.1, 0.15) is 54.4 Å². The first-order valence-corrected chi connectivity index (χ1v) is 7.26. The van der Waals surface area contributed by atoms with Gasteiger partial charge < -0.3 is 19.5 Å². The average Bonchev–Trinajstić information content (AvgIpc) is 2.25. The van der Waals surface area contributed by atoms with E-state index >= 15 is 0 Å². The summed E-state index contributed by atoms with van der Waals surface area (Å²) in [5.41, 5.74) is -2.73. The van der Waals surface area contributed by atoms with Crippen LogP contribution in [0, 0.1) is 0 Å². The molecular formula is C15H27NO5. The number of piperidine rings is 1. The maximum absolute atomic E-state index is 12.0. The molecule has 6 heteroatoms. The molecule has 0 atom stereocenters. The van der Waals surface area contributed by atoms with Gasteiger partial charge in [0.1, 0.15) is 11.2 Å². The lowest BCUT2D eigenvalue weighted by Crippen LogP contribution is -2.53. The number of hydrogen-bond acceptors (Lipinski definition) is 5. The van der Waals surface area contributed by atoms with Gasteiger partial charge >= 0.3 is 12.1 Å². The van der Waals surface area contributed by atoms with Gasteiger partial charge in [0.2, 0.25) is 0 Å². The highest BCUT2D eigenvalue weighted by Crippen LogP contribution is 2.26. The van der Waals surface area contributed by atoms with Crippen molar-refractivity contribution < 1.29 is 24.2 Å². The Hall–Kier alpha value is -1.30. The number of amides is 1. The third-order valence-corrected chi connectivity index (χ3v) is 3.02. The molecule has 0 aromatic heterocycles. The Bertz CT molecular complexity index is 397. The number of aliphatic hydroxyl groups is 1.